The Morgan fingerprint density at radius 1 is 1.11 bits per heavy atom. The van der Waals surface area contributed by atoms with Gasteiger partial charge in [-0.25, -0.2) is 14.1 Å². The molecule has 4 rings (SSSR count). The first-order valence-corrected chi connectivity index (χ1v) is 11.1. The molecule has 0 atom stereocenters. The number of carbonyl (C=O) groups excluding carboxylic acids is 3. The number of benzene rings is 2. The SMILES string of the molecule is CC1(C)C(=O)N(c2ccc(C#N)c(C(F)(F)F)c2)C(=O)N1c1ccc(CNC(=O)c2cccnc2)c(F)c1. The quantitative estimate of drug-likeness (QED) is 0.381. The third-order valence-electron chi connectivity index (χ3n) is 6.01. The van der Waals surface area contributed by atoms with Gasteiger partial charge in [0.25, 0.3) is 11.8 Å². The number of aromatic nitrogens is 1. The fourth-order valence-corrected chi connectivity index (χ4v) is 4.05. The molecule has 0 saturated carbocycles. The molecule has 1 N–H and O–H groups in total. The van der Waals surface area contributed by atoms with Crippen molar-refractivity contribution in [1.82, 2.24) is 10.3 Å². The molecule has 1 fully saturated rings. The first-order valence-electron chi connectivity index (χ1n) is 11.1. The lowest BCUT2D eigenvalue weighted by Gasteiger charge is -2.28. The van der Waals surface area contributed by atoms with Gasteiger partial charge in [0, 0.05) is 30.2 Å². The highest BCUT2D eigenvalue weighted by Gasteiger charge is 2.53. The minimum absolute atomic E-state index is 0.0135. The van der Waals surface area contributed by atoms with Crippen LogP contribution in [0.3, 0.4) is 0 Å². The zero-order valence-corrected chi connectivity index (χ0v) is 20.0. The summed E-state index contributed by atoms with van der Waals surface area (Å²) in [5, 5.41) is 11.6. The molecule has 0 spiro atoms. The van der Waals surface area contributed by atoms with Gasteiger partial charge < -0.3 is 5.32 Å². The van der Waals surface area contributed by atoms with E-state index in [1.54, 1.807) is 6.07 Å². The number of anilines is 2. The molecule has 0 unspecified atom stereocenters. The predicted octanol–water partition coefficient (Wildman–Crippen LogP) is 4.79. The summed E-state index contributed by atoms with van der Waals surface area (Å²) in [5.74, 6) is -2.09. The number of urea groups is 1. The molecule has 0 radical (unpaired) electrons. The Balaban J connectivity index is 1.62. The van der Waals surface area contributed by atoms with Crippen molar-refractivity contribution in [3.05, 3.63) is 89.0 Å². The minimum Gasteiger partial charge on any atom is -0.348 e. The van der Waals surface area contributed by atoms with Gasteiger partial charge in [0.1, 0.15) is 11.4 Å². The van der Waals surface area contributed by atoms with Crippen LogP contribution in [0.4, 0.5) is 33.7 Å². The predicted molar refractivity (Wildman–Crippen MR) is 127 cm³/mol. The second-order valence-corrected chi connectivity index (χ2v) is 8.86. The number of hydrogen-bond donors (Lipinski definition) is 1. The van der Waals surface area contributed by atoms with Crippen molar-refractivity contribution >= 4 is 29.2 Å². The van der Waals surface area contributed by atoms with Crippen LogP contribution in [-0.4, -0.2) is 28.4 Å². The molecule has 12 heteroatoms. The van der Waals surface area contributed by atoms with Crippen molar-refractivity contribution in [2.24, 2.45) is 0 Å². The summed E-state index contributed by atoms with van der Waals surface area (Å²) in [6, 6.07) is 9.76. The number of hydrogen-bond acceptors (Lipinski definition) is 5. The van der Waals surface area contributed by atoms with Crippen molar-refractivity contribution in [3.8, 4) is 6.07 Å². The lowest BCUT2D eigenvalue weighted by molar-refractivity contribution is -0.137. The van der Waals surface area contributed by atoms with Crippen LogP contribution >= 0.6 is 0 Å². The molecular weight excluding hydrogens is 506 g/mol. The Kier molecular flexibility index (Phi) is 6.63. The van der Waals surface area contributed by atoms with E-state index in [2.05, 4.69) is 10.3 Å². The standard InChI is InChI=1S/C26H19F4N5O3/c1-25(2)23(37)34(18-7-5-15(12-31)20(10-18)26(28,29)30)24(38)35(25)19-8-6-16(21(27)11-19)14-33-22(36)17-4-3-9-32-13-17/h3-11,13H,14H2,1-2H3,(H,33,36). The normalized spacial score (nSPS) is 15.0. The van der Waals surface area contributed by atoms with Gasteiger partial charge in [-0.05, 0) is 56.3 Å². The largest absolute Gasteiger partial charge is 0.417 e. The molecule has 38 heavy (non-hydrogen) atoms. The number of nitriles is 1. The summed E-state index contributed by atoms with van der Waals surface area (Å²) in [7, 11) is 0. The van der Waals surface area contributed by atoms with Gasteiger partial charge in [-0.2, -0.15) is 18.4 Å². The average molecular weight is 525 g/mol. The highest BCUT2D eigenvalue weighted by atomic mass is 19.4. The van der Waals surface area contributed by atoms with Crippen LogP contribution in [0.1, 0.15) is 40.9 Å². The van der Waals surface area contributed by atoms with Gasteiger partial charge >= 0.3 is 12.2 Å². The smallest absolute Gasteiger partial charge is 0.348 e. The Bertz CT molecular complexity index is 1480. The van der Waals surface area contributed by atoms with Crippen LogP contribution in [0.15, 0.2) is 60.9 Å². The number of halogens is 4. The number of amides is 4. The van der Waals surface area contributed by atoms with E-state index in [0.29, 0.717) is 11.0 Å². The molecule has 2 aromatic carbocycles. The number of imide groups is 1. The molecule has 3 aromatic rings. The zero-order chi connectivity index (χ0) is 27.8. The summed E-state index contributed by atoms with van der Waals surface area (Å²) in [6.07, 6.45) is -2.05. The average Bonchev–Trinajstić information content (AvgIpc) is 3.05. The van der Waals surface area contributed by atoms with Gasteiger partial charge in [-0.15, -0.1) is 0 Å². The number of nitrogens with one attached hydrogen (secondary N) is 1. The van der Waals surface area contributed by atoms with Crippen LogP contribution in [0.25, 0.3) is 0 Å². The number of carbonyl (C=O) groups is 3. The van der Waals surface area contributed by atoms with Crippen molar-refractivity contribution in [2.45, 2.75) is 32.1 Å². The van der Waals surface area contributed by atoms with E-state index in [1.807, 2.05) is 0 Å². The van der Waals surface area contributed by atoms with Gasteiger partial charge in [-0.1, -0.05) is 6.07 Å². The van der Waals surface area contributed by atoms with Crippen LogP contribution in [0.2, 0.25) is 0 Å². The maximum absolute atomic E-state index is 15.0. The van der Waals surface area contributed by atoms with E-state index in [0.717, 1.165) is 23.1 Å². The summed E-state index contributed by atoms with van der Waals surface area (Å²) >= 11 is 0. The van der Waals surface area contributed by atoms with E-state index in [9.17, 15) is 31.9 Å². The minimum atomic E-state index is -4.90. The topological polar surface area (TPSA) is 106 Å². The first kappa shape index (κ1) is 26.3. The molecular formula is C26H19F4N5O3. The fourth-order valence-electron chi connectivity index (χ4n) is 4.05. The van der Waals surface area contributed by atoms with Gasteiger partial charge in [0.15, 0.2) is 0 Å². The number of nitrogens with zero attached hydrogens (tertiary/aromatic N) is 4. The molecule has 1 aromatic heterocycles. The summed E-state index contributed by atoms with van der Waals surface area (Å²) < 4.78 is 55.3. The lowest BCUT2D eigenvalue weighted by Crippen LogP contribution is -2.44. The number of alkyl halides is 3. The maximum Gasteiger partial charge on any atom is 0.417 e. The lowest BCUT2D eigenvalue weighted by atomic mass is 10.0. The van der Waals surface area contributed by atoms with E-state index in [-0.39, 0.29) is 29.0 Å². The highest BCUT2D eigenvalue weighted by molar-refractivity contribution is 6.30. The van der Waals surface area contributed by atoms with Crippen molar-refractivity contribution in [1.29, 1.82) is 5.26 Å². The number of pyridine rings is 1. The molecule has 0 aliphatic carbocycles. The fraction of sp³-hybridized carbons (Fsp3) is 0.192. The second-order valence-electron chi connectivity index (χ2n) is 8.86. The maximum atomic E-state index is 15.0. The zero-order valence-electron chi connectivity index (χ0n) is 20.0. The molecule has 1 saturated heterocycles. The Hall–Kier alpha value is -4.79. The van der Waals surface area contributed by atoms with Gasteiger partial charge in [0.2, 0.25) is 0 Å². The number of rotatable bonds is 5. The molecule has 194 valence electrons. The second kappa shape index (κ2) is 9.59. The van der Waals surface area contributed by atoms with Crippen LogP contribution in [-0.2, 0) is 17.5 Å². The van der Waals surface area contributed by atoms with Crippen LogP contribution in [0, 0.1) is 17.1 Å². The van der Waals surface area contributed by atoms with E-state index >= 15 is 0 Å². The van der Waals surface area contributed by atoms with E-state index < -0.39 is 46.5 Å². The molecule has 4 amide bonds. The third-order valence-corrected chi connectivity index (χ3v) is 6.01. The molecule has 1 aliphatic rings. The Morgan fingerprint density at radius 3 is 2.42 bits per heavy atom. The monoisotopic (exact) mass is 525 g/mol. The molecule has 2 heterocycles. The Morgan fingerprint density at radius 2 is 1.82 bits per heavy atom. The first-order chi connectivity index (χ1) is 17.9. The van der Waals surface area contributed by atoms with E-state index in [4.69, 9.17) is 5.26 Å². The van der Waals surface area contributed by atoms with Gasteiger partial charge in [0.05, 0.1) is 28.4 Å². The molecule has 0 bridgehead atoms. The molecule has 8 nitrogen and oxygen atoms in total. The van der Waals surface area contributed by atoms with Gasteiger partial charge in [-0.3, -0.25) is 19.5 Å². The molecule has 1 aliphatic heterocycles. The summed E-state index contributed by atoms with van der Waals surface area (Å²) in [6.45, 7) is 2.58. The van der Waals surface area contributed by atoms with Crippen LogP contribution in [0.5, 0.6) is 0 Å². The van der Waals surface area contributed by atoms with Crippen molar-refractivity contribution < 1.29 is 31.9 Å². The summed E-state index contributed by atoms with van der Waals surface area (Å²) in [4.78, 5) is 44.1. The van der Waals surface area contributed by atoms with Crippen LogP contribution < -0.4 is 15.1 Å². The van der Waals surface area contributed by atoms with E-state index in [1.165, 1.54) is 50.5 Å². The Labute approximate surface area is 214 Å². The highest BCUT2D eigenvalue weighted by Crippen LogP contribution is 2.39. The van der Waals surface area contributed by atoms with Crippen molar-refractivity contribution in [3.63, 3.8) is 0 Å². The van der Waals surface area contributed by atoms with Crippen molar-refractivity contribution in [2.75, 3.05) is 9.80 Å². The summed E-state index contributed by atoms with van der Waals surface area (Å²) in [5.41, 5.74) is -3.55. The third kappa shape index (κ3) is 4.66.